The normalized spacial score (nSPS) is 15.8. The quantitative estimate of drug-likeness (QED) is 0.716. The predicted molar refractivity (Wildman–Crippen MR) is 106 cm³/mol. The molecule has 0 spiro atoms. The summed E-state index contributed by atoms with van der Waals surface area (Å²) >= 11 is 0. The van der Waals surface area contributed by atoms with Gasteiger partial charge in [-0.2, -0.15) is 0 Å². The van der Waals surface area contributed by atoms with Crippen molar-refractivity contribution in [3.05, 3.63) is 48.5 Å². The first-order valence-electron chi connectivity index (χ1n) is 9.57. The highest BCUT2D eigenvalue weighted by atomic mass is 16.5. The maximum atomic E-state index is 12.5. The third-order valence-electron chi connectivity index (χ3n) is 4.79. The zero-order valence-corrected chi connectivity index (χ0v) is 16.1. The van der Waals surface area contributed by atoms with Crippen molar-refractivity contribution in [3.8, 4) is 0 Å². The second kappa shape index (κ2) is 10.0. The minimum absolute atomic E-state index is 0.104. The molecule has 0 aliphatic carbocycles. The molecule has 0 bridgehead atoms. The van der Waals surface area contributed by atoms with Gasteiger partial charge in [0, 0.05) is 62.3 Å². The SMILES string of the molecule is CC(CNC(=O)c1cccc(NC(=O)CCn2ccnc2)c1)N1CCOCC1. The van der Waals surface area contributed by atoms with Gasteiger partial charge in [-0.1, -0.05) is 6.07 Å². The molecule has 28 heavy (non-hydrogen) atoms. The summed E-state index contributed by atoms with van der Waals surface area (Å²) in [6, 6.07) is 7.24. The van der Waals surface area contributed by atoms with Crippen LogP contribution in [0.15, 0.2) is 43.0 Å². The van der Waals surface area contributed by atoms with Crippen molar-refractivity contribution in [2.45, 2.75) is 25.9 Å². The predicted octanol–water partition coefficient (Wildman–Crippen LogP) is 1.36. The highest BCUT2D eigenvalue weighted by molar-refractivity contribution is 5.97. The highest BCUT2D eigenvalue weighted by Gasteiger charge is 2.18. The van der Waals surface area contributed by atoms with Crippen LogP contribution in [0.1, 0.15) is 23.7 Å². The number of ether oxygens (including phenoxy) is 1. The van der Waals surface area contributed by atoms with Crippen molar-refractivity contribution in [1.29, 1.82) is 0 Å². The molecule has 2 heterocycles. The lowest BCUT2D eigenvalue weighted by atomic mass is 10.1. The van der Waals surface area contributed by atoms with Gasteiger partial charge in [-0.3, -0.25) is 14.5 Å². The zero-order valence-electron chi connectivity index (χ0n) is 16.1. The summed E-state index contributed by atoms with van der Waals surface area (Å²) in [6.45, 7) is 6.48. The number of hydrogen-bond acceptors (Lipinski definition) is 5. The van der Waals surface area contributed by atoms with Crippen LogP contribution in [0.4, 0.5) is 5.69 Å². The Bertz CT molecular complexity index is 772. The zero-order chi connectivity index (χ0) is 19.8. The van der Waals surface area contributed by atoms with Crippen molar-refractivity contribution >= 4 is 17.5 Å². The minimum atomic E-state index is -0.144. The molecule has 0 saturated carbocycles. The fraction of sp³-hybridized carbons (Fsp3) is 0.450. The van der Waals surface area contributed by atoms with Crippen LogP contribution in [0.5, 0.6) is 0 Å². The van der Waals surface area contributed by atoms with Crippen LogP contribution < -0.4 is 10.6 Å². The summed E-state index contributed by atoms with van der Waals surface area (Å²) in [5, 5.41) is 5.82. The molecule has 8 heteroatoms. The Morgan fingerprint density at radius 1 is 1.29 bits per heavy atom. The Balaban J connectivity index is 1.47. The monoisotopic (exact) mass is 385 g/mol. The maximum absolute atomic E-state index is 12.5. The molecule has 1 aromatic carbocycles. The molecule has 2 amide bonds. The van der Waals surface area contributed by atoms with Crippen molar-refractivity contribution < 1.29 is 14.3 Å². The van der Waals surface area contributed by atoms with Crippen LogP contribution >= 0.6 is 0 Å². The van der Waals surface area contributed by atoms with Crippen molar-refractivity contribution in [3.63, 3.8) is 0 Å². The molecule has 1 aliphatic heterocycles. The number of hydrogen-bond donors (Lipinski definition) is 2. The van der Waals surface area contributed by atoms with E-state index in [0.717, 1.165) is 26.3 Å². The number of carbonyl (C=O) groups excluding carboxylic acids is 2. The van der Waals surface area contributed by atoms with Gasteiger partial charge in [-0.25, -0.2) is 4.98 Å². The number of aromatic nitrogens is 2. The van der Waals surface area contributed by atoms with Gasteiger partial charge in [-0.05, 0) is 25.1 Å². The molecule has 1 fully saturated rings. The second-order valence-corrected chi connectivity index (χ2v) is 6.89. The number of imidazole rings is 1. The van der Waals surface area contributed by atoms with E-state index in [4.69, 9.17) is 4.74 Å². The van der Waals surface area contributed by atoms with Gasteiger partial charge in [0.15, 0.2) is 0 Å². The Morgan fingerprint density at radius 3 is 2.86 bits per heavy atom. The molecule has 3 rings (SSSR count). The van der Waals surface area contributed by atoms with Crippen LogP contribution in [-0.4, -0.2) is 65.2 Å². The standard InChI is InChI=1S/C20H27N5O3/c1-16(25-9-11-28-12-10-25)14-22-20(27)17-3-2-4-18(13-17)23-19(26)5-7-24-8-6-21-15-24/h2-4,6,8,13,15-16H,5,7,9-12,14H2,1H3,(H,22,27)(H,23,26). The lowest BCUT2D eigenvalue weighted by molar-refractivity contribution is -0.116. The molecule has 1 atom stereocenters. The van der Waals surface area contributed by atoms with Crippen molar-refractivity contribution in [1.82, 2.24) is 19.8 Å². The number of carbonyl (C=O) groups is 2. The lowest BCUT2D eigenvalue weighted by Gasteiger charge is -2.32. The first-order valence-corrected chi connectivity index (χ1v) is 9.57. The van der Waals surface area contributed by atoms with E-state index in [1.54, 1.807) is 36.8 Å². The number of aryl methyl sites for hydroxylation is 1. The van der Waals surface area contributed by atoms with Crippen LogP contribution in [-0.2, 0) is 16.1 Å². The number of nitrogens with one attached hydrogen (secondary N) is 2. The van der Waals surface area contributed by atoms with Gasteiger partial charge in [-0.15, -0.1) is 0 Å². The van der Waals surface area contributed by atoms with Gasteiger partial charge in [0.1, 0.15) is 0 Å². The van der Waals surface area contributed by atoms with E-state index < -0.39 is 0 Å². The summed E-state index contributed by atoms with van der Waals surface area (Å²) in [4.78, 5) is 30.8. The van der Waals surface area contributed by atoms with Crippen LogP contribution in [0, 0.1) is 0 Å². The van der Waals surface area contributed by atoms with E-state index in [0.29, 0.717) is 30.8 Å². The average molecular weight is 385 g/mol. The van der Waals surface area contributed by atoms with Crippen LogP contribution in [0.2, 0.25) is 0 Å². The van der Waals surface area contributed by atoms with Gasteiger partial charge in [0.2, 0.25) is 5.91 Å². The first-order chi connectivity index (χ1) is 13.6. The van der Waals surface area contributed by atoms with E-state index in [-0.39, 0.29) is 17.9 Å². The van der Waals surface area contributed by atoms with Crippen LogP contribution in [0.3, 0.4) is 0 Å². The third kappa shape index (κ3) is 5.90. The number of rotatable bonds is 8. The van der Waals surface area contributed by atoms with Crippen molar-refractivity contribution in [2.24, 2.45) is 0 Å². The van der Waals surface area contributed by atoms with Gasteiger partial charge in [0.25, 0.3) is 5.91 Å². The summed E-state index contributed by atoms with van der Waals surface area (Å²) in [7, 11) is 0. The van der Waals surface area contributed by atoms with Crippen LogP contribution in [0.25, 0.3) is 0 Å². The summed E-state index contributed by atoms with van der Waals surface area (Å²) < 4.78 is 7.21. The van der Waals surface area contributed by atoms with Gasteiger partial charge in [0.05, 0.1) is 19.5 Å². The average Bonchev–Trinajstić information content (AvgIpc) is 3.25. The van der Waals surface area contributed by atoms with E-state index in [9.17, 15) is 9.59 Å². The number of anilines is 1. The van der Waals surface area contributed by atoms with E-state index in [1.807, 2.05) is 10.8 Å². The second-order valence-electron chi connectivity index (χ2n) is 6.89. The Morgan fingerprint density at radius 2 is 2.11 bits per heavy atom. The van der Waals surface area contributed by atoms with Gasteiger partial charge < -0.3 is 19.9 Å². The first kappa shape index (κ1) is 20.0. The molecule has 1 unspecified atom stereocenters. The molecule has 2 N–H and O–H groups in total. The maximum Gasteiger partial charge on any atom is 0.251 e. The molecule has 150 valence electrons. The lowest BCUT2D eigenvalue weighted by Crippen LogP contribution is -2.47. The summed E-state index contributed by atoms with van der Waals surface area (Å²) in [5.41, 5.74) is 1.14. The number of morpholine rings is 1. The Hall–Kier alpha value is -2.71. The molecule has 1 aliphatic rings. The minimum Gasteiger partial charge on any atom is -0.379 e. The fourth-order valence-electron chi connectivity index (χ4n) is 3.10. The molecule has 0 radical (unpaired) electrons. The number of nitrogens with zero attached hydrogens (tertiary/aromatic N) is 3. The topological polar surface area (TPSA) is 88.5 Å². The molecule has 1 saturated heterocycles. The van der Waals surface area contributed by atoms with Crippen molar-refractivity contribution in [2.75, 3.05) is 38.2 Å². The largest absolute Gasteiger partial charge is 0.379 e. The smallest absolute Gasteiger partial charge is 0.251 e. The molecule has 2 aromatic rings. The third-order valence-corrected chi connectivity index (χ3v) is 4.79. The highest BCUT2D eigenvalue weighted by Crippen LogP contribution is 2.12. The molecule has 1 aromatic heterocycles. The van der Waals surface area contributed by atoms with E-state index in [1.165, 1.54) is 0 Å². The van der Waals surface area contributed by atoms with E-state index >= 15 is 0 Å². The summed E-state index contributed by atoms with van der Waals surface area (Å²) in [6.07, 6.45) is 5.51. The molecular weight excluding hydrogens is 358 g/mol. The molecule has 8 nitrogen and oxygen atoms in total. The molecular formula is C20H27N5O3. The fourth-order valence-corrected chi connectivity index (χ4v) is 3.10. The Labute approximate surface area is 164 Å². The number of amides is 2. The van der Waals surface area contributed by atoms with Gasteiger partial charge >= 0.3 is 0 Å². The summed E-state index contributed by atoms with van der Waals surface area (Å²) in [5.74, 6) is -0.248. The number of benzene rings is 1. The van der Waals surface area contributed by atoms with E-state index in [2.05, 4.69) is 27.4 Å². The Kier molecular flexibility index (Phi) is 7.16.